The average Bonchev–Trinajstić information content (AvgIpc) is 2.35. The molecule has 1 aliphatic heterocycles. The van der Waals surface area contributed by atoms with E-state index in [4.69, 9.17) is 9.84 Å². The third-order valence-electron chi connectivity index (χ3n) is 2.41. The van der Waals surface area contributed by atoms with Crippen LogP contribution in [0, 0.1) is 0 Å². The average molecular weight is 225 g/mol. The smallest absolute Gasteiger partial charge is 0.324 e. The molecule has 1 N–H and O–H groups in total. The van der Waals surface area contributed by atoms with Crippen LogP contribution in [0.15, 0.2) is 24.3 Å². The van der Waals surface area contributed by atoms with Crippen LogP contribution in [0.3, 0.4) is 0 Å². The molecule has 0 saturated heterocycles. The number of aliphatic carboxylic acids is 1. The fraction of sp³-hybridized carbons (Fsp3) is 0.300. The molecule has 0 saturated carbocycles. The number of hydrogen-bond donors (Lipinski definition) is 1. The fourth-order valence-corrected chi connectivity index (χ4v) is 1.97. The minimum absolute atomic E-state index is 0.176. The Hall–Kier alpha value is -1.12. The largest absolute Gasteiger partial charge is 0.491 e. The van der Waals surface area contributed by atoms with E-state index in [9.17, 15) is 4.79 Å². The van der Waals surface area contributed by atoms with Gasteiger partial charge in [-0.2, -0.15) is 0 Å². The minimum atomic E-state index is -0.863. The van der Waals surface area contributed by atoms with Gasteiger partial charge in [0, 0.05) is 12.1 Å². The second-order valence-corrected chi connectivity index (χ2v) is 4.11. The maximum atomic E-state index is 10.9. The van der Waals surface area contributed by atoms with Crippen LogP contribution in [0.25, 0.3) is 0 Å². The van der Waals surface area contributed by atoms with Crippen molar-refractivity contribution in [1.29, 1.82) is 0 Å². The highest BCUT2D eigenvalue weighted by atomic mass is 31.0. The predicted octanol–water partition coefficient (Wildman–Crippen LogP) is 1.12. The zero-order valence-electron chi connectivity index (χ0n) is 8.09. The van der Waals surface area contributed by atoms with E-state index in [-0.39, 0.29) is 6.61 Å². The lowest BCUT2D eigenvalue weighted by Gasteiger charge is -2.19. The van der Waals surface area contributed by atoms with Crippen molar-refractivity contribution in [2.75, 3.05) is 6.61 Å². The van der Waals surface area contributed by atoms with Crippen molar-refractivity contribution >= 4 is 15.4 Å². The first-order chi connectivity index (χ1) is 7.18. The molecule has 1 aromatic carbocycles. The summed E-state index contributed by atoms with van der Waals surface area (Å²) in [5.74, 6) is -0.0912. The number of benzene rings is 1. The Morgan fingerprint density at radius 2 is 2.27 bits per heavy atom. The number of ether oxygens (including phenoxy) is 1. The SMILES string of the molecule is O=C(O)C1COc2ccccc2CN1P. The normalized spacial score (nSPS) is 21.3. The molecule has 0 fully saturated rings. The lowest BCUT2D eigenvalue weighted by molar-refractivity contribution is -0.142. The summed E-state index contributed by atoms with van der Waals surface area (Å²) in [5.41, 5.74) is 1.01. The zero-order chi connectivity index (χ0) is 10.8. The molecule has 4 nitrogen and oxygen atoms in total. The number of hydrogen-bond acceptors (Lipinski definition) is 3. The van der Waals surface area contributed by atoms with E-state index in [1.165, 1.54) is 0 Å². The minimum Gasteiger partial charge on any atom is -0.491 e. The summed E-state index contributed by atoms with van der Waals surface area (Å²) in [7, 11) is 2.44. The van der Waals surface area contributed by atoms with Crippen molar-refractivity contribution in [1.82, 2.24) is 4.67 Å². The molecule has 15 heavy (non-hydrogen) atoms. The Balaban J connectivity index is 2.26. The van der Waals surface area contributed by atoms with Crippen molar-refractivity contribution < 1.29 is 14.6 Å². The van der Waals surface area contributed by atoms with E-state index in [1.54, 1.807) is 4.67 Å². The first kappa shape index (κ1) is 10.4. The standard InChI is InChI=1S/C10H12NO3P/c12-10(13)8-6-14-9-4-2-1-3-7(9)5-11(8)15/h1-4,8H,5-6,15H2,(H,12,13). The molecule has 0 radical (unpaired) electrons. The third-order valence-corrected chi connectivity index (χ3v) is 2.95. The summed E-state index contributed by atoms with van der Waals surface area (Å²) in [6, 6.07) is 6.99. The summed E-state index contributed by atoms with van der Waals surface area (Å²) in [4.78, 5) is 10.9. The molecule has 2 atom stereocenters. The molecule has 0 bridgehead atoms. The highest BCUT2D eigenvalue weighted by Crippen LogP contribution is 2.26. The molecule has 1 aliphatic rings. The van der Waals surface area contributed by atoms with Gasteiger partial charge < -0.3 is 9.84 Å². The summed E-state index contributed by atoms with van der Waals surface area (Å²) < 4.78 is 7.16. The van der Waals surface area contributed by atoms with Gasteiger partial charge in [0.2, 0.25) is 0 Å². The van der Waals surface area contributed by atoms with Crippen molar-refractivity contribution in [3.63, 3.8) is 0 Å². The van der Waals surface area contributed by atoms with Crippen molar-refractivity contribution in [2.45, 2.75) is 12.6 Å². The number of para-hydroxylation sites is 1. The summed E-state index contributed by atoms with van der Waals surface area (Å²) in [6.07, 6.45) is 0. The Morgan fingerprint density at radius 3 is 3.00 bits per heavy atom. The summed E-state index contributed by atoms with van der Waals surface area (Å²) in [6.45, 7) is 0.744. The number of rotatable bonds is 1. The van der Waals surface area contributed by atoms with Crippen LogP contribution in [-0.2, 0) is 11.3 Å². The van der Waals surface area contributed by atoms with Crippen LogP contribution in [0.1, 0.15) is 5.56 Å². The first-order valence-corrected chi connectivity index (χ1v) is 5.15. The van der Waals surface area contributed by atoms with Gasteiger partial charge in [-0.1, -0.05) is 27.6 Å². The van der Waals surface area contributed by atoms with Crippen LogP contribution in [0.5, 0.6) is 5.75 Å². The summed E-state index contributed by atoms with van der Waals surface area (Å²) >= 11 is 0. The number of fused-ring (bicyclic) bond motifs is 1. The number of carboxylic acid groups (broad SMARTS) is 1. The highest BCUT2D eigenvalue weighted by Gasteiger charge is 2.27. The lowest BCUT2D eigenvalue weighted by atomic mass is 10.2. The van der Waals surface area contributed by atoms with Gasteiger partial charge in [-0.25, -0.2) is 0 Å². The fourth-order valence-electron chi connectivity index (χ4n) is 1.56. The molecule has 1 aromatic rings. The molecule has 2 unspecified atom stereocenters. The Morgan fingerprint density at radius 1 is 1.53 bits per heavy atom. The summed E-state index contributed by atoms with van der Waals surface area (Å²) in [5, 5.41) is 8.98. The second-order valence-electron chi connectivity index (χ2n) is 3.45. The van der Waals surface area contributed by atoms with E-state index < -0.39 is 12.0 Å². The Bertz CT molecular complexity index is 383. The second kappa shape index (κ2) is 4.17. The molecule has 0 spiro atoms. The molecule has 80 valence electrons. The zero-order valence-corrected chi connectivity index (χ0v) is 9.24. The van der Waals surface area contributed by atoms with Crippen LogP contribution in [-0.4, -0.2) is 28.4 Å². The van der Waals surface area contributed by atoms with Gasteiger partial charge in [0.15, 0.2) is 0 Å². The predicted molar refractivity (Wildman–Crippen MR) is 58.6 cm³/mol. The van der Waals surface area contributed by atoms with Gasteiger partial charge in [-0.15, -0.1) is 0 Å². The van der Waals surface area contributed by atoms with Gasteiger partial charge in [-0.3, -0.25) is 9.46 Å². The van der Waals surface area contributed by atoms with Crippen LogP contribution in [0.2, 0.25) is 0 Å². The quantitative estimate of drug-likeness (QED) is 0.728. The number of carboxylic acids is 1. The van der Waals surface area contributed by atoms with Gasteiger partial charge in [0.1, 0.15) is 18.4 Å². The number of carbonyl (C=O) groups is 1. The van der Waals surface area contributed by atoms with Gasteiger partial charge in [0.25, 0.3) is 0 Å². The first-order valence-electron chi connectivity index (χ1n) is 4.63. The van der Waals surface area contributed by atoms with Gasteiger partial charge >= 0.3 is 5.97 Å². The van der Waals surface area contributed by atoms with E-state index in [1.807, 2.05) is 24.3 Å². The molecule has 5 heteroatoms. The molecular weight excluding hydrogens is 213 g/mol. The Kier molecular flexibility index (Phi) is 2.89. The van der Waals surface area contributed by atoms with Gasteiger partial charge in [-0.05, 0) is 6.07 Å². The van der Waals surface area contributed by atoms with E-state index in [0.29, 0.717) is 6.54 Å². The van der Waals surface area contributed by atoms with Crippen molar-refractivity contribution in [3.8, 4) is 5.75 Å². The van der Waals surface area contributed by atoms with Crippen LogP contribution < -0.4 is 4.74 Å². The van der Waals surface area contributed by atoms with Crippen molar-refractivity contribution in [3.05, 3.63) is 29.8 Å². The van der Waals surface area contributed by atoms with E-state index in [2.05, 4.69) is 9.39 Å². The topological polar surface area (TPSA) is 49.8 Å². The van der Waals surface area contributed by atoms with Crippen LogP contribution in [0.4, 0.5) is 0 Å². The monoisotopic (exact) mass is 225 g/mol. The van der Waals surface area contributed by atoms with Gasteiger partial charge in [0.05, 0.1) is 0 Å². The van der Waals surface area contributed by atoms with Crippen LogP contribution >= 0.6 is 9.39 Å². The molecule has 1 heterocycles. The number of nitrogens with zero attached hydrogens (tertiary/aromatic N) is 1. The third kappa shape index (κ3) is 2.11. The molecule has 0 aromatic heterocycles. The molecule has 0 amide bonds. The maximum absolute atomic E-state index is 10.9. The lowest BCUT2D eigenvalue weighted by Crippen LogP contribution is -2.37. The highest BCUT2D eigenvalue weighted by molar-refractivity contribution is 7.13. The maximum Gasteiger partial charge on any atom is 0.324 e. The Labute approximate surface area is 90.1 Å². The van der Waals surface area contributed by atoms with E-state index in [0.717, 1.165) is 11.3 Å². The van der Waals surface area contributed by atoms with E-state index >= 15 is 0 Å². The molecule has 0 aliphatic carbocycles. The molecular formula is C10H12NO3P. The molecule has 2 rings (SSSR count). The van der Waals surface area contributed by atoms with Crippen molar-refractivity contribution in [2.24, 2.45) is 0 Å².